The molecular formula is C8H15F2N3O3. The van der Waals surface area contributed by atoms with Crippen molar-refractivity contribution in [1.82, 2.24) is 5.32 Å². The Morgan fingerprint density at radius 3 is 2.75 bits per heavy atom. The van der Waals surface area contributed by atoms with Gasteiger partial charge in [-0.2, -0.15) is 0 Å². The van der Waals surface area contributed by atoms with Crippen molar-refractivity contribution in [3.8, 4) is 0 Å². The molecule has 0 saturated heterocycles. The van der Waals surface area contributed by atoms with Gasteiger partial charge in [-0.15, -0.1) is 0 Å². The molecule has 0 aliphatic carbocycles. The molecule has 16 heavy (non-hydrogen) atoms. The second kappa shape index (κ2) is 7.80. The molecule has 1 unspecified atom stereocenters. The molecule has 0 aromatic carbocycles. The number of alkyl halides is 2. The number of rotatable bonds is 7. The highest BCUT2D eigenvalue weighted by atomic mass is 19.3. The van der Waals surface area contributed by atoms with Gasteiger partial charge in [0.25, 0.3) is 6.43 Å². The third-order valence-corrected chi connectivity index (χ3v) is 1.65. The summed E-state index contributed by atoms with van der Waals surface area (Å²) in [5.41, 5.74) is 5.21. The van der Waals surface area contributed by atoms with Crippen molar-refractivity contribution >= 4 is 11.7 Å². The molecule has 0 aliphatic heterocycles. The van der Waals surface area contributed by atoms with E-state index in [4.69, 9.17) is 10.9 Å². The first-order valence-corrected chi connectivity index (χ1v) is 4.60. The highest BCUT2D eigenvalue weighted by Gasteiger charge is 2.11. The quantitative estimate of drug-likeness (QED) is 0.190. The van der Waals surface area contributed by atoms with Crippen molar-refractivity contribution in [1.29, 1.82) is 0 Å². The lowest BCUT2D eigenvalue weighted by Gasteiger charge is -2.11. The van der Waals surface area contributed by atoms with E-state index < -0.39 is 25.0 Å². The Morgan fingerprint density at radius 1 is 1.62 bits per heavy atom. The number of hydrogen-bond acceptors (Lipinski definition) is 4. The summed E-state index contributed by atoms with van der Waals surface area (Å²) in [4.78, 5) is 11.1. The zero-order chi connectivity index (χ0) is 12.6. The Morgan fingerprint density at radius 2 is 2.25 bits per heavy atom. The number of nitrogens with one attached hydrogen (secondary N) is 1. The van der Waals surface area contributed by atoms with Crippen LogP contribution in [0.2, 0.25) is 0 Å². The lowest BCUT2D eigenvalue weighted by Crippen LogP contribution is -2.42. The van der Waals surface area contributed by atoms with Crippen LogP contribution < -0.4 is 11.1 Å². The lowest BCUT2D eigenvalue weighted by molar-refractivity contribution is -0.122. The second-order valence-corrected chi connectivity index (χ2v) is 3.03. The molecule has 1 amide bonds. The van der Waals surface area contributed by atoms with E-state index in [9.17, 15) is 13.6 Å². The van der Waals surface area contributed by atoms with Gasteiger partial charge in [0.2, 0.25) is 5.91 Å². The minimum Gasteiger partial charge on any atom is -0.409 e. The molecule has 0 fully saturated rings. The van der Waals surface area contributed by atoms with Crippen molar-refractivity contribution < 1.29 is 23.5 Å². The molecule has 0 saturated carbocycles. The molecule has 8 heteroatoms. The Kier molecular flexibility index (Phi) is 7.10. The molecule has 0 bridgehead atoms. The van der Waals surface area contributed by atoms with Crippen LogP contribution in [-0.2, 0) is 9.53 Å². The molecule has 0 radical (unpaired) electrons. The minimum absolute atomic E-state index is 0.0598. The summed E-state index contributed by atoms with van der Waals surface area (Å²) < 4.78 is 27.8. The molecular weight excluding hydrogens is 224 g/mol. The Balaban J connectivity index is 3.67. The molecule has 0 aromatic rings. The number of nitrogens with two attached hydrogens (primary N) is 1. The fraction of sp³-hybridized carbons (Fsp3) is 0.750. The topological polar surface area (TPSA) is 96.9 Å². The monoisotopic (exact) mass is 239 g/mol. The normalized spacial score (nSPS) is 13.9. The van der Waals surface area contributed by atoms with Gasteiger partial charge in [0.05, 0.1) is 12.6 Å². The van der Waals surface area contributed by atoms with Crippen molar-refractivity contribution in [2.24, 2.45) is 10.9 Å². The first-order valence-electron chi connectivity index (χ1n) is 4.60. The molecule has 6 nitrogen and oxygen atoms in total. The second-order valence-electron chi connectivity index (χ2n) is 3.03. The summed E-state index contributed by atoms with van der Waals surface area (Å²) in [7, 11) is 0. The summed E-state index contributed by atoms with van der Waals surface area (Å²) >= 11 is 0. The van der Waals surface area contributed by atoms with Gasteiger partial charge in [0.1, 0.15) is 6.61 Å². The van der Waals surface area contributed by atoms with Crippen LogP contribution in [0.15, 0.2) is 5.16 Å². The third-order valence-electron chi connectivity index (χ3n) is 1.65. The lowest BCUT2D eigenvalue weighted by atomic mass is 10.3. The first kappa shape index (κ1) is 14.6. The Labute approximate surface area is 91.4 Å². The molecule has 0 heterocycles. The number of carbonyl (C=O) groups excluding carboxylic acids is 1. The van der Waals surface area contributed by atoms with Crippen LogP contribution in [0.4, 0.5) is 8.78 Å². The van der Waals surface area contributed by atoms with E-state index in [-0.39, 0.29) is 18.9 Å². The van der Waals surface area contributed by atoms with Crippen LogP contribution in [0, 0.1) is 0 Å². The summed E-state index contributed by atoms with van der Waals surface area (Å²) in [5.74, 6) is -0.560. The van der Waals surface area contributed by atoms with Crippen LogP contribution in [0.25, 0.3) is 0 Å². The van der Waals surface area contributed by atoms with E-state index in [1.54, 1.807) is 0 Å². The van der Waals surface area contributed by atoms with E-state index in [0.717, 1.165) is 0 Å². The predicted molar refractivity (Wildman–Crippen MR) is 52.5 cm³/mol. The maximum absolute atomic E-state index is 11.6. The van der Waals surface area contributed by atoms with Gasteiger partial charge in [-0.1, -0.05) is 5.16 Å². The molecule has 94 valence electrons. The number of amidine groups is 1. The average Bonchev–Trinajstić information content (AvgIpc) is 2.22. The molecule has 0 spiro atoms. The zero-order valence-electron chi connectivity index (χ0n) is 8.82. The molecule has 0 rings (SSSR count). The number of halogens is 2. The van der Waals surface area contributed by atoms with Crippen LogP contribution in [0.5, 0.6) is 0 Å². The fourth-order valence-electron chi connectivity index (χ4n) is 0.811. The Bertz CT molecular complexity index is 249. The highest BCUT2D eigenvalue weighted by molar-refractivity contribution is 5.89. The predicted octanol–water partition coefficient (Wildman–Crippen LogP) is -0.0907. The van der Waals surface area contributed by atoms with Crippen molar-refractivity contribution in [3.63, 3.8) is 0 Å². The maximum atomic E-state index is 11.6. The van der Waals surface area contributed by atoms with E-state index in [2.05, 4.69) is 15.2 Å². The van der Waals surface area contributed by atoms with Crippen LogP contribution in [0.1, 0.15) is 13.3 Å². The van der Waals surface area contributed by atoms with Crippen LogP contribution >= 0.6 is 0 Å². The van der Waals surface area contributed by atoms with Gasteiger partial charge in [0, 0.05) is 6.42 Å². The van der Waals surface area contributed by atoms with E-state index in [0.29, 0.717) is 0 Å². The largest absolute Gasteiger partial charge is 0.409 e. The van der Waals surface area contributed by atoms with Gasteiger partial charge in [-0.05, 0) is 6.92 Å². The summed E-state index contributed by atoms with van der Waals surface area (Å²) in [5, 5.41) is 13.4. The highest BCUT2D eigenvalue weighted by Crippen LogP contribution is 1.94. The summed E-state index contributed by atoms with van der Waals surface area (Å²) in [6.07, 6.45) is -2.60. The van der Waals surface area contributed by atoms with Gasteiger partial charge < -0.3 is 21.0 Å². The third kappa shape index (κ3) is 6.93. The fourth-order valence-corrected chi connectivity index (χ4v) is 0.811. The average molecular weight is 239 g/mol. The molecule has 4 N–H and O–H groups in total. The maximum Gasteiger partial charge on any atom is 0.261 e. The van der Waals surface area contributed by atoms with Gasteiger partial charge >= 0.3 is 0 Å². The number of ether oxygens (including phenoxy) is 1. The summed E-state index contributed by atoms with van der Waals surface area (Å²) in [6, 6.07) is -0.618. The van der Waals surface area contributed by atoms with Crippen molar-refractivity contribution in [3.05, 3.63) is 0 Å². The SMILES string of the molecule is CC(NC(=O)CCOCC(F)F)C(N)=NO. The zero-order valence-corrected chi connectivity index (χ0v) is 8.82. The minimum atomic E-state index is -2.54. The number of oxime groups is 1. The molecule has 0 aliphatic rings. The Hall–Kier alpha value is -1.44. The summed E-state index contributed by atoms with van der Waals surface area (Å²) in [6.45, 7) is 0.731. The van der Waals surface area contributed by atoms with Gasteiger partial charge in [0.15, 0.2) is 5.84 Å². The standard InChI is InChI=1S/C8H15F2N3O3/c1-5(8(11)13-15)12-7(14)2-3-16-4-6(9)10/h5-6,15H,2-4H2,1H3,(H2,11,13)(H,12,14). The van der Waals surface area contributed by atoms with E-state index in [1.807, 2.05) is 0 Å². The van der Waals surface area contributed by atoms with Crippen LogP contribution in [0.3, 0.4) is 0 Å². The smallest absolute Gasteiger partial charge is 0.261 e. The van der Waals surface area contributed by atoms with Gasteiger partial charge in [-0.3, -0.25) is 4.79 Å². The van der Waals surface area contributed by atoms with Crippen molar-refractivity contribution in [2.45, 2.75) is 25.8 Å². The number of nitrogens with zero attached hydrogens (tertiary/aromatic N) is 1. The number of carbonyl (C=O) groups is 1. The first-order chi connectivity index (χ1) is 7.47. The van der Waals surface area contributed by atoms with Gasteiger partial charge in [-0.25, -0.2) is 8.78 Å². The molecule has 1 atom stereocenters. The van der Waals surface area contributed by atoms with Crippen LogP contribution in [-0.4, -0.2) is 42.6 Å². The van der Waals surface area contributed by atoms with E-state index >= 15 is 0 Å². The van der Waals surface area contributed by atoms with E-state index in [1.165, 1.54) is 6.92 Å². The number of hydrogen-bond donors (Lipinski definition) is 3. The number of amides is 1. The molecule has 0 aromatic heterocycles. The van der Waals surface area contributed by atoms with Crippen molar-refractivity contribution in [2.75, 3.05) is 13.2 Å².